The molecule has 12 N–H and O–H groups in total. The number of cyclic esters (lactones) is 1. The van der Waals surface area contributed by atoms with Crippen molar-refractivity contribution in [3.63, 3.8) is 0 Å². The number of aliphatic hydroxyl groups excluding tert-OH is 10. The summed E-state index contributed by atoms with van der Waals surface area (Å²) in [5, 5.41) is 122. The second-order valence-corrected chi connectivity index (χ2v) is 29.4. The SMILES string of the molecule is COC1C(O)COC(OC2C(O)C(CO)OC(OC3C(C)OC(OC4C(OC5CCC6(C)C7CCC89C(=O)OC(C)(CC=CC(C)(C)O)C8C(OC(C)=O)CC9(C)C7=CCC6C5(C)C)OCC(OS(=O)(=O)O)C4O)C(OC4OCC(O)C(O)C4O)C3O)C2O)C1O. The molecule has 0 amide bonds. The van der Waals surface area contributed by atoms with Crippen LogP contribution in [0.4, 0.5) is 0 Å². The molecule has 91 heavy (non-hydrogen) atoms. The average Bonchev–Trinajstić information content (AvgIpc) is 1.52. The fraction of sp³-hybridized carbons (Fsp3) is 0.900. The summed E-state index contributed by atoms with van der Waals surface area (Å²) in [4.78, 5) is 27.6. The van der Waals surface area contributed by atoms with Crippen LogP contribution in [0.1, 0.15) is 107 Å². The first-order valence-corrected chi connectivity index (χ1v) is 32.7. The molecule has 6 aliphatic heterocycles. The molecule has 31 atom stereocenters. The number of hydrogen-bond donors (Lipinski definition) is 12. The molecule has 0 bridgehead atoms. The van der Waals surface area contributed by atoms with Gasteiger partial charge >= 0.3 is 22.3 Å². The minimum absolute atomic E-state index is 0.0518. The molecule has 0 aromatic carbocycles. The van der Waals surface area contributed by atoms with Gasteiger partial charge < -0.3 is 118 Å². The second-order valence-electron chi connectivity index (χ2n) is 28.4. The quantitative estimate of drug-likeness (QED) is 0.0403. The number of hydrogen-bond acceptors (Lipinski definition) is 29. The Morgan fingerprint density at radius 3 is 1.98 bits per heavy atom. The largest absolute Gasteiger partial charge is 0.462 e. The van der Waals surface area contributed by atoms with Crippen molar-refractivity contribution in [2.24, 2.45) is 39.4 Å². The highest BCUT2D eigenvalue weighted by molar-refractivity contribution is 7.80. The lowest BCUT2D eigenvalue weighted by atomic mass is 9.41. The Bertz CT molecular complexity index is 2770. The maximum Gasteiger partial charge on any atom is 0.397 e. The number of ether oxygens (including phenoxy) is 13. The Morgan fingerprint density at radius 2 is 1.33 bits per heavy atom. The number of allylic oxidation sites excluding steroid dienone is 2. The monoisotopic (exact) mass is 1330 g/mol. The summed E-state index contributed by atoms with van der Waals surface area (Å²) in [6.45, 7) is 13.8. The van der Waals surface area contributed by atoms with Crippen LogP contribution in [0.15, 0.2) is 23.8 Å². The topological polar surface area (TPSA) is 440 Å². The van der Waals surface area contributed by atoms with E-state index in [0.717, 1.165) is 5.57 Å². The number of rotatable bonds is 18. The third kappa shape index (κ3) is 13.0. The molecule has 6 saturated heterocycles. The van der Waals surface area contributed by atoms with E-state index >= 15 is 0 Å². The zero-order valence-corrected chi connectivity index (χ0v) is 53.5. The van der Waals surface area contributed by atoms with E-state index in [9.17, 15) is 78.7 Å². The van der Waals surface area contributed by atoms with Crippen molar-refractivity contribution in [3.8, 4) is 0 Å². The first-order valence-electron chi connectivity index (χ1n) is 31.3. The minimum Gasteiger partial charge on any atom is -0.462 e. The number of carbonyl (C=O) groups excluding carboxylic acids is 2. The van der Waals surface area contributed by atoms with Crippen LogP contribution >= 0.6 is 0 Å². The van der Waals surface area contributed by atoms with Crippen LogP contribution in [-0.2, 0) is 85.8 Å². The maximum atomic E-state index is 14.8. The molecule has 0 radical (unpaired) electrons. The summed E-state index contributed by atoms with van der Waals surface area (Å²) in [5.41, 5.74) is -4.04. The minimum atomic E-state index is -5.28. The van der Waals surface area contributed by atoms with E-state index in [-0.39, 0.29) is 30.8 Å². The molecule has 6 heterocycles. The molecular weight excluding hydrogens is 1230 g/mol. The Kier molecular flexibility index (Phi) is 20.6. The Balaban J connectivity index is 0.917. The van der Waals surface area contributed by atoms with Crippen LogP contribution in [0.3, 0.4) is 0 Å². The molecule has 30 nitrogen and oxygen atoms in total. The molecule has 4 aliphatic carbocycles. The van der Waals surface area contributed by atoms with E-state index in [0.29, 0.717) is 38.5 Å². The van der Waals surface area contributed by atoms with Crippen LogP contribution in [0.25, 0.3) is 0 Å². The van der Waals surface area contributed by atoms with Gasteiger partial charge in [0.2, 0.25) is 0 Å². The number of aliphatic hydroxyl groups is 11. The molecule has 10 rings (SSSR count). The van der Waals surface area contributed by atoms with Crippen LogP contribution in [0, 0.1) is 39.4 Å². The highest BCUT2D eigenvalue weighted by Gasteiger charge is 2.79. The molecule has 31 unspecified atom stereocenters. The lowest BCUT2D eigenvalue weighted by molar-refractivity contribution is -0.402. The van der Waals surface area contributed by atoms with Gasteiger partial charge in [0.25, 0.3) is 0 Å². The molecular formula is C60H94O30S. The van der Waals surface area contributed by atoms with E-state index in [1.165, 1.54) is 21.0 Å². The molecule has 3 saturated carbocycles. The lowest BCUT2D eigenvalue weighted by Crippen LogP contribution is -2.67. The van der Waals surface area contributed by atoms with Gasteiger partial charge in [-0.2, -0.15) is 8.42 Å². The van der Waals surface area contributed by atoms with Crippen LogP contribution in [0.2, 0.25) is 0 Å². The van der Waals surface area contributed by atoms with E-state index in [1.54, 1.807) is 19.9 Å². The average molecular weight is 1330 g/mol. The first kappa shape index (κ1) is 71.2. The molecule has 9 fully saturated rings. The summed E-state index contributed by atoms with van der Waals surface area (Å²) < 4.78 is 118. The zero-order chi connectivity index (χ0) is 66.6. The predicted molar refractivity (Wildman–Crippen MR) is 304 cm³/mol. The standard InChI is InChI=1S/C60H94O30S/c1-25-43(85-51-42(71)45(37(66)32(21-61)83-51)86-50-41(70)44(77-10)30(64)23-79-50)40(69)47(87-49-39(68)36(65)29(63)22-78-49)53(81-25)88-46-38(67)33(90-91(74,75)76)24-80-52(46)84-35-15-18-57(7)27-14-19-60-48(59(9,89-54(60)72)17-11-16-55(3,4)73)31(82-26(2)62)20-58(60,8)28(27)12-13-34(57)56(35,5)6/h11-12,16,25,27,29-53,61,63-71,73H,13-15,17-24H2,1-10H3,(H,74,75,76). The summed E-state index contributed by atoms with van der Waals surface area (Å²) >= 11 is 0. The van der Waals surface area contributed by atoms with Crippen LogP contribution in [-0.4, -0.2) is 273 Å². The summed E-state index contributed by atoms with van der Waals surface area (Å²) in [6.07, 6.45) is -30.8. The maximum absolute atomic E-state index is 14.8. The van der Waals surface area contributed by atoms with Gasteiger partial charge in [0, 0.05) is 25.9 Å². The van der Waals surface area contributed by atoms with Gasteiger partial charge in [0.15, 0.2) is 31.5 Å². The van der Waals surface area contributed by atoms with Gasteiger partial charge in [-0.25, -0.2) is 4.18 Å². The van der Waals surface area contributed by atoms with Gasteiger partial charge in [-0.3, -0.25) is 14.1 Å². The molecule has 1 spiro atoms. The van der Waals surface area contributed by atoms with Gasteiger partial charge in [-0.15, -0.1) is 0 Å². The molecule has 0 aromatic heterocycles. The summed E-state index contributed by atoms with van der Waals surface area (Å²) in [7, 11) is -4.05. The van der Waals surface area contributed by atoms with Crippen LogP contribution in [0.5, 0.6) is 0 Å². The fourth-order valence-electron chi connectivity index (χ4n) is 17.4. The second kappa shape index (κ2) is 26.3. The Labute approximate surface area is 527 Å². The van der Waals surface area contributed by atoms with Crippen molar-refractivity contribution in [2.75, 3.05) is 33.5 Å². The van der Waals surface area contributed by atoms with Gasteiger partial charge in [-0.05, 0) is 88.9 Å². The highest BCUT2D eigenvalue weighted by Crippen LogP contribution is 2.77. The van der Waals surface area contributed by atoms with Gasteiger partial charge in [0.05, 0.1) is 55.6 Å². The lowest BCUT2D eigenvalue weighted by Gasteiger charge is -2.64. The molecule has 10 aliphatic rings. The van der Waals surface area contributed by atoms with Crippen molar-refractivity contribution < 1.29 is 144 Å². The van der Waals surface area contributed by atoms with E-state index in [1.807, 2.05) is 26.8 Å². The van der Waals surface area contributed by atoms with Gasteiger partial charge in [0.1, 0.15) is 109 Å². The number of carbonyl (C=O) groups is 2. The number of fused-ring (bicyclic) bond motifs is 4. The van der Waals surface area contributed by atoms with Crippen molar-refractivity contribution in [1.29, 1.82) is 0 Å². The molecule has 0 aromatic rings. The van der Waals surface area contributed by atoms with Crippen molar-refractivity contribution in [2.45, 2.75) is 266 Å². The number of methoxy groups -OCH3 is 1. The number of esters is 2. The van der Waals surface area contributed by atoms with Crippen molar-refractivity contribution >= 4 is 22.3 Å². The fourth-order valence-corrected chi connectivity index (χ4v) is 17.9. The third-order valence-electron chi connectivity index (χ3n) is 21.7. The summed E-state index contributed by atoms with van der Waals surface area (Å²) in [5.74, 6) is -1.48. The summed E-state index contributed by atoms with van der Waals surface area (Å²) in [6, 6.07) is 0. The van der Waals surface area contributed by atoms with E-state index in [4.69, 9.17) is 65.8 Å². The van der Waals surface area contributed by atoms with Crippen molar-refractivity contribution in [1.82, 2.24) is 0 Å². The highest BCUT2D eigenvalue weighted by atomic mass is 32.3. The molecule has 31 heteroatoms. The van der Waals surface area contributed by atoms with Crippen molar-refractivity contribution in [3.05, 3.63) is 23.8 Å². The van der Waals surface area contributed by atoms with E-state index < -0.39 is 222 Å². The van der Waals surface area contributed by atoms with Gasteiger partial charge in [-0.1, -0.05) is 51.5 Å². The van der Waals surface area contributed by atoms with Crippen LogP contribution < -0.4 is 0 Å². The Hall–Kier alpha value is -2.59. The Morgan fingerprint density at radius 1 is 0.714 bits per heavy atom. The van der Waals surface area contributed by atoms with E-state index in [2.05, 4.69) is 19.9 Å². The zero-order valence-electron chi connectivity index (χ0n) is 52.7. The third-order valence-corrected chi connectivity index (χ3v) is 22.2. The first-order chi connectivity index (χ1) is 42.4. The smallest absolute Gasteiger partial charge is 0.397 e. The molecule has 520 valence electrons. The predicted octanol–water partition coefficient (Wildman–Crippen LogP) is -1.95. The normalized spacial score (nSPS) is 50.1.